The molecule has 0 bridgehead atoms. The molecule has 3 rings (SSSR count). The van der Waals surface area contributed by atoms with E-state index in [2.05, 4.69) is 20.2 Å². The molecule has 0 amide bonds. The maximum Gasteiger partial charge on any atom is 0.353 e. The third kappa shape index (κ3) is 1.46. The van der Waals surface area contributed by atoms with Crippen molar-refractivity contribution in [2.45, 2.75) is 0 Å². The Balaban J connectivity index is 2.17. The molecule has 0 saturated carbocycles. The van der Waals surface area contributed by atoms with E-state index in [9.17, 15) is 4.79 Å². The highest BCUT2D eigenvalue weighted by molar-refractivity contribution is 5.94. The first-order valence-corrected chi connectivity index (χ1v) is 4.97. The maximum atomic E-state index is 10.8. The van der Waals surface area contributed by atoms with Gasteiger partial charge in [-0.3, -0.25) is 5.10 Å². The molecule has 6 heteroatoms. The fourth-order valence-corrected chi connectivity index (χ4v) is 1.74. The van der Waals surface area contributed by atoms with Crippen LogP contribution in [0.15, 0.2) is 30.6 Å². The summed E-state index contributed by atoms with van der Waals surface area (Å²) in [6.07, 6.45) is 3.45. The van der Waals surface area contributed by atoms with Gasteiger partial charge in [-0.1, -0.05) is 0 Å². The van der Waals surface area contributed by atoms with Gasteiger partial charge >= 0.3 is 5.97 Å². The largest absolute Gasteiger partial charge is 0.477 e. The molecule has 0 fully saturated rings. The molecule has 3 heterocycles. The quantitative estimate of drug-likeness (QED) is 0.621. The van der Waals surface area contributed by atoms with Crippen LogP contribution >= 0.6 is 0 Å². The summed E-state index contributed by atoms with van der Waals surface area (Å²) in [4.78, 5) is 17.9. The zero-order valence-electron chi connectivity index (χ0n) is 8.64. The van der Waals surface area contributed by atoms with Gasteiger partial charge in [-0.2, -0.15) is 5.10 Å². The molecule has 0 atom stereocenters. The van der Waals surface area contributed by atoms with Crippen molar-refractivity contribution in [1.82, 2.24) is 20.2 Å². The molecule has 0 aliphatic rings. The van der Waals surface area contributed by atoms with Gasteiger partial charge in [-0.25, -0.2) is 9.78 Å². The smallest absolute Gasteiger partial charge is 0.353 e. The van der Waals surface area contributed by atoms with E-state index < -0.39 is 5.97 Å². The normalized spacial score (nSPS) is 10.8. The Labute approximate surface area is 95.3 Å². The fourth-order valence-electron chi connectivity index (χ4n) is 1.74. The van der Waals surface area contributed by atoms with Crippen molar-refractivity contribution in [1.29, 1.82) is 0 Å². The van der Waals surface area contributed by atoms with E-state index in [-0.39, 0.29) is 5.69 Å². The Kier molecular flexibility index (Phi) is 1.94. The van der Waals surface area contributed by atoms with Gasteiger partial charge in [-0.15, -0.1) is 0 Å². The average Bonchev–Trinajstić information content (AvgIpc) is 2.95. The number of aromatic nitrogens is 4. The molecular formula is C11H8N4O2. The van der Waals surface area contributed by atoms with Crippen molar-refractivity contribution >= 4 is 17.0 Å². The number of nitrogens with zero attached hydrogens (tertiary/aromatic N) is 2. The lowest BCUT2D eigenvalue weighted by Gasteiger charge is -1.91. The number of H-pyrrole nitrogens is 2. The van der Waals surface area contributed by atoms with Crippen molar-refractivity contribution in [3.63, 3.8) is 0 Å². The minimum atomic E-state index is -1.03. The van der Waals surface area contributed by atoms with Crippen LogP contribution in [-0.4, -0.2) is 31.2 Å². The second-order valence-electron chi connectivity index (χ2n) is 3.57. The van der Waals surface area contributed by atoms with Crippen molar-refractivity contribution in [2.24, 2.45) is 0 Å². The lowest BCUT2D eigenvalue weighted by Crippen LogP contribution is -1.95. The van der Waals surface area contributed by atoms with Crippen LogP contribution in [0.2, 0.25) is 0 Å². The summed E-state index contributed by atoms with van der Waals surface area (Å²) in [5, 5.41) is 16.2. The van der Waals surface area contributed by atoms with Crippen LogP contribution < -0.4 is 0 Å². The van der Waals surface area contributed by atoms with E-state index in [0.29, 0.717) is 5.69 Å². The Morgan fingerprint density at radius 1 is 1.41 bits per heavy atom. The van der Waals surface area contributed by atoms with Crippen LogP contribution in [-0.2, 0) is 0 Å². The second kappa shape index (κ2) is 3.44. The molecular weight excluding hydrogens is 220 g/mol. The minimum absolute atomic E-state index is 0.0678. The molecule has 84 valence electrons. The Morgan fingerprint density at radius 2 is 2.29 bits per heavy atom. The molecule has 0 unspecified atom stereocenters. The monoisotopic (exact) mass is 228 g/mol. The number of aromatic carboxylic acids is 1. The molecule has 0 radical (unpaired) electrons. The molecule has 6 nitrogen and oxygen atoms in total. The molecule has 0 aliphatic carbocycles. The molecule has 3 aromatic heterocycles. The molecule has 3 N–H and O–H groups in total. The van der Waals surface area contributed by atoms with Gasteiger partial charge in [-0.05, 0) is 18.2 Å². The summed E-state index contributed by atoms with van der Waals surface area (Å²) in [5.74, 6) is -1.03. The van der Waals surface area contributed by atoms with Crippen LogP contribution in [0.25, 0.3) is 22.3 Å². The van der Waals surface area contributed by atoms with Gasteiger partial charge in [0.25, 0.3) is 0 Å². The van der Waals surface area contributed by atoms with Crippen LogP contribution in [0.3, 0.4) is 0 Å². The second-order valence-corrected chi connectivity index (χ2v) is 3.57. The Hall–Kier alpha value is -2.63. The molecule has 0 aromatic carbocycles. The van der Waals surface area contributed by atoms with E-state index in [1.807, 2.05) is 12.1 Å². The number of fused-ring (bicyclic) bond motifs is 1. The first-order chi connectivity index (χ1) is 8.25. The first-order valence-electron chi connectivity index (χ1n) is 4.97. The number of aromatic amines is 2. The molecule has 0 aliphatic heterocycles. The number of rotatable bonds is 2. The lowest BCUT2D eigenvalue weighted by molar-refractivity contribution is 0.0690. The molecule has 0 saturated heterocycles. The van der Waals surface area contributed by atoms with E-state index >= 15 is 0 Å². The summed E-state index contributed by atoms with van der Waals surface area (Å²) in [6.45, 7) is 0. The van der Waals surface area contributed by atoms with Gasteiger partial charge < -0.3 is 10.1 Å². The number of carbonyl (C=O) groups is 1. The van der Waals surface area contributed by atoms with E-state index in [0.717, 1.165) is 16.6 Å². The van der Waals surface area contributed by atoms with Crippen LogP contribution in [0.5, 0.6) is 0 Å². The third-order valence-corrected chi connectivity index (χ3v) is 2.54. The van der Waals surface area contributed by atoms with Crippen molar-refractivity contribution in [3.8, 4) is 11.3 Å². The molecule has 17 heavy (non-hydrogen) atoms. The van der Waals surface area contributed by atoms with Gasteiger partial charge in [0.2, 0.25) is 0 Å². The number of hydrogen-bond donors (Lipinski definition) is 3. The summed E-state index contributed by atoms with van der Waals surface area (Å²) in [5.41, 5.74) is 2.24. The van der Waals surface area contributed by atoms with E-state index in [1.165, 1.54) is 6.07 Å². The highest BCUT2D eigenvalue weighted by Crippen LogP contribution is 2.26. The zero-order valence-corrected chi connectivity index (χ0v) is 8.64. The molecule has 3 aromatic rings. The number of carboxylic acids is 1. The number of pyridine rings is 1. The minimum Gasteiger partial charge on any atom is -0.477 e. The van der Waals surface area contributed by atoms with Crippen molar-refractivity contribution < 1.29 is 9.90 Å². The topological polar surface area (TPSA) is 94.7 Å². The average molecular weight is 228 g/mol. The number of hydrogen-bond acceptors (Lipinski definition) is 3. The predicted octanol–water partition coefficient (Wildman–Crippen LogP) is 1.65. The summed E-state index contributed by atoms with van der Waals surface area (Å²) >= 11 is 0. The summed E-state index contributed by atoms with van der Waals surface area (Å²) in [6, 6.07) is 5.23. The predicted molar refractivity (Wildman–Crippen MR) is 60.6 cm³/mol. The van der Waals surface area contributed by atoms with E-state index in [1.54, 1.807) is 12.4 Å². The van der Waals surface area contributed by atoms with Gasteiger partial charge in [0.05, 0.1) is 5.69 Å². The highest BCUT2D eigenvalue weighted by atomic mass is 16.4. The zero-order chi connectivity index (χ0) is 11.8. The molecule has 0 spiro atoms. The van der Waals surface area contributed by atoms with E-state index in [4.69, 9.17) is 5.11 Å². The fraction of sp³-hybridized carbons (Fsp3) is 0. The van der Waals surface area contributed by atoms with Gasteiger partial charge in [0.15, 0.2) is 0 Å². The first kappa shape index (κ1) is 9.59. The SMILES string of the molecule is O=C(O)c1cc(-c2c[nH]c3ncccc23)n[nH]1. The van der Waals surface area contributed by atoms with Gasteiger partial charge in [0.1, 0.15) is 11.3 Å². The van der Waals surface area contributed by atoms with Gasteiger partial charge in [0, 0.05) is 23.3 Å². The van der Waals surface area contributed by atoms with Crippen molar-refractivity contribution in [3.05, 3.63) is 36.3 Å². The third-order valence-electron chi connectivity index (χ3n) is 2.54. The van der Waals surface area contributed by atoms with Crippen LogP contribution in [0, 0.1) is 0 Å². The Morgan fingerprint density at radius 3 is 3.06 bits per heavy atom. The van der Waals surface area contributed by atoms with Crippen molar-refractivity contribution in [2.75, 3.05) is 0 Å². The number of nitrogens with one attached hydrogen (secondary N) is 2. The maximum absolute atomic E-state index is 10.8. The summed E-state index contributed by atoms with van der Waals surface area (Å²) in [7, 11) is 0. The van der Waals surface area contributed by atoms with Crippen LogP contribution in [0.4, 0.5) is 0 Å². The Bertz CT molecular complexity index is 698. The number of carboxylic acid groups (broad SMARTS) is 1. The standard InChI is InChI=1S/C11H8N4O2/c16-11(17)9-4-8(14-15-9)7-5-13-10-6(7)2-1-3-12-10/h1-5H,(H,12,13)(H,14,15)(H,16,17). The summed E-state index contributed by atoms with van der Waals surface area (Å²) < 4.78 is 0. The lowest BCUT2D eigenvalue weighted by atomic mass is 10.1. The van der Waals surface area contributed by atoms with Crippen LogP contribution in [0.1, 0.15) is 10.5 Å². The highest BCUT2D eigenvalue weighted by Gasteiger charge is 2.12.